The summed E-state index contributed by atoms with van der Waals surface area (Å²) in [6.45, 7) is 0.408. The van der Waals surface area contributed by atoms with Gasteiger partial charge in [-0.05, 0) is 42.9 Å². The van der Waals surface area contributed by atoms with E-state index in [4.69, 9.17) is 0 Å². The predicted octanol–water partition coefficient (Wildman–Crippen LogP) is 2.31. The van der Waals surface area contributed by atoms with Gasteiger partial charge in [-0.2, -0.15) is 0 Å². The first kappa shape index (κ1) is 20.0. The fourth-order valence-corrected chi connectivity index (χ4v) is 3.90. The van der Waals surface area contributed by atoms with Crippen LogP contribution in [0, 0.1) is 5.41 Å². The van der Waals surface area contributed by atoms with Gasteiger partial charge in [-0.3, -0.25) is 14.6 Å². The zero-order valence-electron chi connectivity index (χ0n) is 15.8. The standard InChI is InChI=1S/C22H26N2O4/c25-19-10-13-24(20(26)14-18-9-5-12-23-15-18)16-22(19,21(27)28)11-4-8-17-6-2-1-3-7-17/h1-3,5-7,9,12,15,19,25H,4,8,10-11,13-14,16H2,(H,27,28)/t19-,22+/m0/s1. The summed E-state index contributed by atoms with van der Waals surface area (Å²) in [7, 11) is 0. The molecule has 6 heteroatoms. The van der Waals surface area contributed by atoms with E-state index in [1.807, 2.05) is 36.4 Å². The molecule has 2 N–H and O–H groups in total. The first-order chi connectivity index (χ1) is 13.5. The molecule has 1 amide bonds. The Bertz CT molecular complexity index is 797. The van der Waals surface area contributed by atoms with Crippen LogP contribution in [0.1, 0.15) is 30.4 Å². The maximum atomic E-state index is 12.7. The van der Waals surface area contributed by atoms with Crippen LogP contribution in [0.25, 0.3) is 0 Å². The number of pyridine rings is 1. The van der Waals surface area contributed by atoms with Gasteiger partial charge in [0.15, 0.2) is 0 Å². The van der Waals surface area contributed by atoms with Crippen molar-refractivity contribution in [1.82, 2.24) is 9.88 Å². The summed E-state index contributed by atoms with van der Waals surface area (Å²) >= 11 is 0. The highest BCUT2D eigenvalue weighted by Gasteiger charge is 2.49. The summed E-state index contributed by atoms with van der Waals surface area (Å²) in [5.41, 5.74) is 0.610. The second-order valence-electron chi connectivity index (χ2n) is 7.46. The molecule has 148 valence electrons. The second-order valence-corrected chi connectivity index (χ2v) is 7.46. The number of aliphatic carboxylic acids is 1. The molecule has 1 fully saturated rings. The van der Waals surface area contributed by atoms with Crippen LogP contribution >= 0.6 is 0 Å². The van der Waals surface area contributed by atoms with Crippen molar-refractivity contribution in [1.29, 1.82) is 0 Å². The summed E-state index contributed by atoms with van der Waals surface area (Å²) in [5, 5.41) is 20.5. The summed E-state index contributed by atoms with van der Waals surface area (Å²) in [5.74, 6) is -1.17. The van der Waals surface area contributed by atoms with Crippen LogP contribution in [0.3, 0.4) is 0 Å². The Morgan fingerprint density at radius 2 is 1.89 bits per heavy atom. The molecule has 0 bridgehead atoms. The number of aliphatic hydroxyl groups excluding tert-OH is 1. The van der Waals surface area contributed by atoms with E-state index in [2.05, 4.69) is 4.98 Å². The lowest BCUT2D eigenvalue weighted by Crippen LogP contribution is -2.57. The highest BCUT2D eigenvalue weighted by molar-refractivity contribution is 5.81. The van der Waals surface area contributed by atoms with E-state index in [1.165, 1.54) is 0 Å². The molecule has 2 heterocycles. The maximum absolute atomic E-state index is 12.7. The smallest absolute Gasteiger partial charge is 0.314 e. The molecule has 1 aliphatic rings. The number of piperidine rings is 1. The number of carboxylic acid groups (broad SMARTS) is 1. The number of hydrogen-bond acceptors (Lipinski definition) is 4. The molecule has 0 saturated carbocycles. The van der Waals surface area contributed by atoms with Gasteiger partial charge in [-0.25, -0.2) is 0 Å². The number of aromatic nitrogens is 1. The number of aryl methyl sites for hydroxylation is 1. The number of benzene rings is 1. The zero-order valence-corrected chi connectivity index (χ0v) is 15.8. The number of rotatable bonds is 7. The molecule has 3 rings (SSSR count). The number of carbonyl (C=O) groups excluding carboxylic acids is 1. The number of likely N-dealkylation sites (tertiary alicyclic amines) is 1. The van der Waals surface area contributed by atoms with Crippen molar-refractivity contribution in [2.45, 2.75) is 38.2 Å². The first-order valence-corrected chi connectivity index (χ1v) is 9.63. The monoisotopic (exact) mass is 382 g/mol. The average molecular weight is 382 g/mol. The summed E-state index contributed by atoms with van der Waals surface area (Å²) < 4.78 is 0. The Hall–Kier alpha value is -2.73. The Balaban J connectivity index is 1.68. The fourth-order valence-electron chi connectivity index (χ4n) is 3.90. The van der Waals surface area contributed by atoms with Crippen molar-refractivity contribution in [3.63, 3.8) is 0 Å². The highest BCUT2D eigenvalue weighted by Crippen LogP contribution is 2.36. The van der Waals surface area contributed by atoms with Gasteiger partial charge in [0.2, 0.25) is 5.91 Å². The number of carbonyl (C=O) groups is 2. The summed E-state index contributed by atoms with van der Waals surface area (Å²) in [6, 6.07) is 13.5. The SMILES string of the molecule is O=C(Cc1cccnc1)N1CC[C@H](O)[C@](CCCc2ccccc2)(C(=O)O)C1. The van der Waals surface area contributed by atoms with E-state index in [1.54, 1.807) is 23.4 Å². The third-order valence-electron chi connectivity index (χ3n) is 5.57. The molecule has 28 heavy (non-hydrogen) atoms. The molecule has 2 aromatic rings. The molecular formula is C22H26N2O4. The normalized spacial score (nSPS) is 22.0. The lowest BCUT2D eigenvalue weighted by molar-refractivity contribution is -0.166. The van der Waals surface area contributed by atoms with Crippen LogP contribution in [0.5, 0.6) is 0 Å². The number of amides is 1. The van der Waals surface area contributed by atoms with Crippen LogP contribution in [-0.2, 0) is 22.4 Å². The van der Waals surface area contributed by atoms with E-state index in [0.29, 0.717) is 19.4 Å². The Morgan fingerprint density at radius 3 is 2.57 bits per heavy atom. The fraction of sp³-hybridized carbons (Fsp3) is 0.409. The third kappa shape index (κ3) is 4.57. The van der Waals surface area contributed by atoms with Gasteiger partial charge < -0.3 is 15.1 Å². The molecule has 0 radical (unpaired) electrons. The van der Waals surface area contributed by atoms with Crippen LogP contribution in [0.15, 0.2) is 54.9 Å². The van der Waals surface area contributed by atoms with Crippen LogP contribution in [0.4, 0.5) is 0 Å². The maximum Gasteiger partial charge on any atom is 0.314 e. The van der Waals surface area contributed by atoms with Gasteiger partial charge in [0.05, 0.1) is 12.5 Å². The first-order valence-electron chi connectivity index (χ1n) is 9.63. The Kier molecular flexibility index (Phi) is 6.41. The summed E-state index contributed by atoms with van der Waals surface area (Å²) in [4.78, 5) is 30.4. The molecule has 1 saturated heterocycles. The number of carboxylic acids is 1. The van der Waals surface area contributed by atoms with E-state index < -0.39 is 17.5 Å². The lowest BCUT2D eigenvalue weighted by Gasteiger charge is -2.43. The van der Waals surface area contributed by atoms with Gasteiger partial charge in [0, 0.05) is 25.5 Å². The van der Waals surface area contributed by atoms with Crippen molar-refractivity contribution in [3.8, 4) is 0 Å². The number of hydrogen-bond donors (Lipinski definition) is 2. The molecule has 6 nitrogen and oxygen atoms in total. The molecule has 1 aliphatic heterocycles. The summed E-state index contributed by atoms with van der Waals surface area (Å²) in [6.07, 6.45) is 4.50. The van der Waals surface area contributed by atoms with Crippen molar-refractivity contribution < 1.29 is 19.8 Å². The molecule has 0 spiro atoms. The van der Waals surface area contributed by atoms with Crippen molar-refractivity contribution in [3.05, 3.63) is 66.0 Å². The second kappa shape index (κ2) is 8.97. The molecule has 1 aromatic heterocycles. The largest absolute Gasteiger partial charge is 0.481 e. The third-order valence-corrected chi connectivity index (χ3v) is 5.57. The average Bonchev–Trinajstić information content (AvgIpc) is 2.70. The van der Waals surface area contributed by atoms with E-state index in [0.717, 1.165) is 17.5 Å². The van der Waals surface area contributed by atoms with Gasteiger partial charge >= 0.3 is 5.97 Å². The van der Waals surface area contributed by atoms with Crippen molar-refractivity contribution in [2.24, 2.45) is 5.41 Å². The van der Waals surface area contributed by atoms with E-state index in [9.17, 15) is 19.8 Å². The minimum Gasteiger partial charge on any atom is -0.481 e. The van der Waals surface area contributed by atoms with Crippen molar-refractivity contribution in [2.75, 3.05) is 13.1 Å². The minimum absolute atomic E-state index is 0.0391. The van der Waals surface area contributed by atoms with Crippen LogP contribution in [-0.4, -0.2) is 51.2 Å². The number of nitrogens with zero attached hydrogens (tertiary/aromatic N) is 2. The van der Waals surface area contributed by atoms with Crippen molar-refractivity contribution >= 4 is 11.9 Å². The molecule has 2 atom stereocenters. The lowest BCUT2D eigenvalue weighted by atomic mass is 9.73. The quantitative estimate of drug-likeness (QED) is 0.767. The number of aliphatic hydroxyl groups is 1. The molecule has 1 aromatic carbocycles. The van der Waals surface area contributed by atoms with Gasteiger partial charge in [-0.15, -0.1) is 0 Å². The Morgan fingerprint density at radius 1 is 1.14 bits per heavy atom. The zero-order chi connectivity index (χ0) is 20.0. The van der Waals surface area contributed by atoms with Gasteiger partial charge in [0.25, 0.3) is 0 Å². The van der Waals surface area contributed by atoms with Crippen LogP contribution in [0.2, 0.25) is 0 Å². The molecule has 0 unspecified atom stereocenters. The molecular weight excluding hydrogens is 356 g/mol. The van der Waals surface area contributed by atoms with Gasteiger partial charge in [0.1, 0.15) is 5.41 Å². The minimum atomic E-state index is -1.32. The molecule has 0 aliphatic carbocycles. The van der Waals surface area contributed by atoms with Crippen LogP contribution < -0.4 is 0 Å². The van der Waals surface area contributed by atoms with Gasteiger partial charge in [-0.1, -0.05) is 36.4 Å². The highest BCUT2D eigenvalue weighted by atomic mass is 16.4. The Labute approximate surface area is 164 Å². The predicted molar refractivity (Wildman–Crippen MR) is 105 cm³/mol. The van der Waals surface area contributed by atoms with E-state index in [-0.39, 0.29) is 25.3 Å². The topological polar surface area (TPSA) is 90.7 Å². The van der Waals surface area contributed by atoms with E-state index >= 15 is 0 Å².